The number of esters is 2. The maximum absolute atomic E-state index is 12.4. The average molecular weight is 595 g/mol. The predicted octanol–water partition coefficient (Wildman–Crippen LogP) is 7.18. The highest BCUT2D eigenvalue weighted by Crippen LogP contribution is 2.10. The fraction of sp³-hybridized carbons (Fsp3) is 0.735. The minimum Gasteiger partial charge on any atom is -0.477 e. The van der Waals surface area contributed by atoms with Gasteiger partial charge in [-0.2, -0.15) is 0 Å². The quantitative estimate of drug-likeness (QED) is 0.0354. The Kier molecular flexibility index (Phi) is 24.7. The van der Waals surface area contributed by atoms with Gasteiger partial charge in [-0.05, 0) is 44.9 Å². The fourth-order valence-electron chi connectivity index (χ4n) is 4.20. The Balaban J connectivity index is 4.58. The molecule has 0 aromatic heterocycles. The van der Waals surface area contributed by atoms with Crippen molar-refractivity contribution < 1.29 is 38.2 Å². The molecule has 242 valence electrons. The minimum absolute atomic E-state index is 0.0363. The smallest absolute Gasteiger partial charge is 0.362 e. The number of carbonyl (C=O) groups excluding carboxylic acids is 2. The van der Waals surface area contributed by atoms with Crippen LogP contribution in [0, 0.1) is 0 Å². The van der Waals surface area contributed by atoms with Gasteiger partial charge in [0.25, 0.3) is 0 Å². The number of unbranched alkanes of at least 4 members (excludes halogenated alkanes) is 8. The summed E-state index contributed by atoms with van der Waals surface area (Å²) in [6, 6.07) is -0.620. The number of allylic oxidation sites excluding steroid dienone is 6. The molecule has 0 fully saturated rings. The zero-order valence-corrected chi connectivity index (χ0v) is 27.2. The molecular weight excluding hydrogens is 534 g/mol. The van der Waals surface area contributed by atoms with E-state index in [0.29, 0.717) is 19.3 Å². The van der Waals surface area contributed by atoms with E-state index in [1.54, 1.807) is 0 Å². The van der Waals surface area contributed by atoms with Gasteiger partial charge in [-0.1, -0.05) is 82.4 Å². The van der Waals surface area contributed by atoms with Crippen LogP contribution in [0.5, 0.6) is 0 Å². The summed E-state index contributed by atoms with van der Waals surface area (Å²) in [6.07, 6.45) is 25.1. The van der Waals surface area contributed by atoms with Crippen molar-refractivity contribution in [3.63, 3.8) is 0 Å². The van der Waals surface area contributed by atoms with Gasteiger partial charge >= 0.3 is 17.9 Å². The second kappa shape index (κ2) is 26.2. The molecule has 1 N–H and O–H groups in total. The minimum atomic E-state index is -0.888. The fourth-order valence-corrected chi connectivity index (χ4v) is 4.20. The first-order valence-electron chi connectivity index (χ1n) is 16.0. The van der Waals surface area contributed by atoms with Gasteiger partial charge in [0.05, 0.1) is 34.4 Å². The lowest BCUT2D eigenvalue weighted by atomic mass is 10.1. The molecule has 0 saturated heterocycles. The molecule has 2 atom stereocenters. The summed E-state index contributed by atoms with van der Waals surface area (Å²) in [7, 11) is 5.47. The van der Waals surface area contributed by atoms with E-state index in [2.05, 4.69) is 44.2 Å². The van der Waals surface area contributed by atoms with Gasteiger partial charge in [0.15, 0.2) is 12.1 Å². The molecule has 0 rings (SSSR count). The van der Waals surface area contributed by atoms with E-state index in [0.717, 1.165) is 44.9 Å². The van der Waals surface area contributed by atoms with E-state index < -0.39 is 18.1 Å². The summed E-state index contributed by atoms with van der Waals surface area (Å²) in [5, 5.41) is 9.51. The van der Waals surface area contributed by atoms with E-state index in [1.165, 1.54) is 25.7 Å². The van der Waals surface area contributed by atoms with E-state index in [4.69, 9.17) is 14.2 Å². The van der Waals surface area contributed by atoms with Crippen LogP contribution in [0.25, 0.3) is 0 Å². The van der Waals surface area contributed by atoms with Crippen LogP contribution in [0.15, 0.2) is 36.5 Å². The maximum Gasteiger partial charge on any atom is 0.362 e. The molecule has 42 heavy (non-hydrogen) atoms. The normalized spacial score (nSPS) is 13.6. The van der Waals surface area contributed by atoms with E-state index in [9.17, 15) is 19.5 Å². The van der Waals surface area contributed by atoms with Crippen LogP contribution in [0.4, 0.5) is 0 Å². The Morgan fingerprint density at radius 3 is 1.98 bits per heavy atom. The Hall–Kier alpha value is -2.45. The highest BCUT2D eigenvalue weighted by molar-refractivity contribution is 5.72. The second-order valence-electron chi connectivity index (χ2n) is 11.7. The van der Waals surface area contributed by atoms with Crippen molar-refractivity contribution in [1.29, 1.82) is 0 Å². The predicted molar refractivity (Wildman–Crippen MR) is 169 cm³/mol. The molecule has 0 aliphatic heterocycles. The van der Waals surface area contributed by atoms with Gasteiger partial charge in [-0.15, -0.1) is 0 Å². The van der Waals surface area contributed by atoms with Crippen LogP contribution in [0.2, 0.25) is 0 Å². The van der Waals surface area contributed by atoms with Gasteiger partial charge in [-0.3, -0.25) is 9.59 Å². The molecule has 0 aromatic carbocycles. The van der Waals surface area contributed by atoms with Crippen LogP contribution in [0.1, 0.15) is 110 Å². The molecule has 0 spiro atoms. The second-order valence-corrected chi connectivity index (χ2v) is 11.7. The van der Waals surface area contributed by atoms with Gasteiger partial charge in [0.2, 0.25) is 0 Å². The Morgan fingerprint density at radius 1 is 0.714 bits per heavy atom. The van der Waals surface area contributed by atoms with Crippen LogP contribution in [-0.4, -0.2) is 80.6 Å². The molecule has 0 saturated carbocycles. The zero-order chi connectivity index (χ0) is 31.5. The molecule has 0 aromatic rings. The first-order chi connectivity index (χ1) is 20.1. The van der Waals surface area contributed by atoms with Crippen molar-refractivity contribution in [2.24, 2.45) is 0 Å². The van der Waals surface area contributed by atoms with Crippen molar-refractivity contribution in [3.8, 4) is 0 Å². The number of hydrogen-bond donors (Lipinski definition) is 1. The molecule has 0 radical (unpaired) electrons. The number of carbonyl (C=O) groups is 3. The number of quaternary nitrogens is 1. The van der Waals surface area contributed by atoms with Crippen LogP contribution in [-0.2, 0) is 28.6 Å². The van der Waals surface area contributed by atoms with Crippen molar-refractivity contribution >= 4 is 17.9 Å². The lowest BCUT2D eigenvalue weighted by molar-refractivity contribution is -0.887. The van der Waals surface area contributed by atoms with E-state index in [-0.39, 0.29) is 42.7 Å². The SMILES string of the molecule is CCCC/C=C/C=C/CCCCCC(=O)OCC(COCCC(C(=O)O)[N+](C)(C)C)OC(=O)CC/C=C/CCCCC. The lowest BCUT2D eigenvalue weighted by Gasteiger charge is -2.31. The number of rotatable bonds is 27. The summed E-state index contributed by atoms with van der Waals surface area (Å²) < 4.78 is 17.0. The van der Waals surface area contributed by atoms with Gasteiger partial charge < -0.3 is 23.8 Å². The van der Waals surface area contributed by atoms with E-state index >= 15 is 0 Å². The third kappa shape index (κ3) is 24.2. The lowest BCUT2D eigenvalue weighted by Crippen LogP contribution is -2.50. The topological polar surface area (TPSA) is 99.1 Å². The first kappa shape index (κ1) is 39.5. The van der Waals surface area contributed by atoms with Crippen molar-refractivity contribution in [2.75, 3.05) is 41.0 Å². The third-order valence-electron chi connectivity index (χ3n) is 6.80. The van der Waals surface area contributed by atoms with Gasteiger partial charge in [-0.25, -0.2) is 4.79 Å². The summed E-state index contributed by atoms with van der Waals surface area (Å²) in [5.41, 5.74) is 0. The van der Waals surface area contributed by atoms with Crippen molar-refractivity contribution in [3.05, 3.63) is 36.5 Å². The molecule has 0 amide bonds. The Morgan fingerprint density at radius 2 is 1.33 bits per heavy atom. The summed E-state index contributed by atoms with van der Waals surface area (Å²) in [5.74, 6) is -1.58. The number of nitrogens with zero attached hydrogens (tertiary/aromatic N) is 1. The monoisotopic (exact) mass is 594 g/mol. The summed E-state index contributed by atoms with van der Waals surface area (Å²) in [6.45, 7) is 4.50. The highest BCUT2D eigenvalue weighted by Gasteiger charge is 2.31. The molecule has 8 nitrogen and oxygen atoms in total. The molecular formula is C34H60NO7+. The Labute approximate surface area is 255 Å². The number of carboxylic acids is 1. The molecule has 0 heterocycles. The van der Waals surface area contributed by atoms with Crippen LogP contribution in [0.3, 0.4) is 0 Å². The largest absolute Gasteiger partial charge is 0.477 e. The molecule has 0 aliphatic rings. The average Bonchev–Trinajstić information content (AvgIpc) is 2.92. The molecule has 0 bridgehead atoms. The number of carboxylic acid groups (broad SMARTS) is 1. The summed E-state index contributed by atoms with van der Waals surface area (Å²) >= 11 is 0. The number of ether oxygens (including phenoxy) is 3. The van der Waals surface area contributed by atoms with Crippen LogP contribution < -0.4 is 0 Å². The van der Waals surface area contributed by atoms with Gasteiger partial charge in [0, 0.05) is 19.3 Å². The first-order valence-corrected chi connectivity index (χ1v) is 16.0. The number of hydrogen-bond acceptors (Lipinski definition) is 6. The van der Waals surface area contributed by atoms with Crippen molar-refractivity contribution in [2.45, 2.75) is 122 Å². The molecule has 8 heteroatoms. The summed E-state index contributed by atoms with van der Waals surface area (Å²) in [4.78, 5) is 36.4. The third-order valence-corrected chi connectivity index (χ3v) is 6.80. The maximum atomic E-state index is 12.4. The van der Waals surface area contributed by atoms with Crippen molar-refractivity contribution in [1.82, 2.24) is 0 Å². The van der Waals surface area contributed by atoms with Crippen LogP contribution >= 0.6 is 0 Å². The number of likely N-dealkylation sites (N-methyl/N-ethyl adjacent to an activating group) is 1. The molecule has 2 unspecified atom stereocenters. The standard InChI is InChI=1S/C34H59NO7/c1-6-8-10-12-14-15-16-17-19-20-22-24-32(36)41-29-30(28-40-27-26-31(34(38)39)35(3,4)5)42-33(37)25-23-21-18-13-11-9-7-2/h12,14-16,18,21,30-31H,6-11,13,17,19-20,22-29H2,1-5H3/p+1/b14-12+,16-15+,21-18+. The van der Waals surface area contributed by atoms with E-state index in [1.807, 2.05) is 27.2 Å². The zero-order valence-electron chi connectivity index (χ0n) is 27.2. The molecule has 0 aliphatic carbocycles. The van der Waals surface area contributed by atoms with Gasteiger partial charge in [0.1, 0.15) is 6.61 Å². The number of aliphatic carboxylic acids is 1. The highest BCUT2D eigenvalue weighted by atomic mass is 16.6. The Bertz CT molecular complexity index is 798.